The fraction of sp³-hybridized carbons (Fsp3) is 0.474. The third-order valence-electron chi connectivity index (χ3n) is 4.72. The molecule has 0 radical (unpaired) electrons. The van der Waals surface area contributed by atoms with E-state index < -0.39 is 0 Å². The van der Waals surface area contributed by atoms with Gasteiger partial charge in [0.15, 0.2) is 0 Å². The molecule has 0 amide bonds. The van der Waals surface area contributed by atoms with Gasteiger partial charge in [0.2, 0.25) is 0 Å². The third-order valence-corrected chi connectivity index (χ3v) is 4.72. The number of hydrogen-bond acceptors (Lipinski definition) is 5. The Morgan fingerprint density at radius 1 is 1.12 bits per heavy atom. The number of phenols is 1. The van der Waals surface area contributed by atoms with E-state index in [0.717, 1.165) is 30.8 Å². The normalized spacial score (nSPS) is 11.9. The highest BCUT2D eigenvalue weighted by molar-refractivity contribution is 5.73. The highest BCUT2D eigenvalue weighted by Crippen LogP contribution is 2.33. The Balaban J connectivity index is 2.39. The van der Waals surface area contributed by atoms with Crippen LogP contribution >= 0.6 is 0 Å². The monoisotopic (exact) mass is 328 g/mol. The van der Waals surface area contributed by atoms with Crippen molar-refractivity contribution < 1.29 is 5.11 Å². The summed E-state index contributed by atoms with van der Waals surface area (Å²) in [5.74, 6) is 0.186. The maximum absolute atomic E-state index is 10.1. The van der Waals surface area contributed by atoms with Gasteiger partial charge < -0.3 is 10.8 Å². The van der Waals surface area contributed by atoms with Crippen LogP contribution in [0.15, 0.2) is 24.3 Å². The number of likely N-dealkylation sites (N-methyl/N-ethyl adjacent to an activating group) is 1. The molecule has 0 aliphatic heterocycles. The zero-order valence-electron chi connectivity index (χ0n) is 15.3. The summed E-state index contributed by atoms with van der Waals surface area (Å²) in [6, 6.07) is 7.12. The number of aromatic hydroxyl groups is 1. The Kier molecular flexibility index (Phi) is 5.44. The van der Waals surface area contributed by atoms with Crippen molar-refractivity contribution in [2.75, 3.05) is 18.8 Å². The van der Waals surface area contributed by atoms with Crippen LogP contribution in [-0.2, 0) is 6.42 Å². The van der Waals surface area contributed by atoms with Crippen molar-refractivity contribution in [3.63, 3.8) is 0 Å². The Bertz CT molecular complexity index is 709. The molecule has 0 saturated carbocycles. The first kappa shape index (κ1) is 18.2. The Morgan fingerprint density at radius 2 is 1.75 bits per heavy atom. The number of anilines is 1. The molecule has 1 aromatic heterocycles. The zero-order valence-corrected chi connectivity index (χ0v) is 15.3. The molecule has 0 aliphatic rings. The van der Waals surface area contributed by atoms with Gasteiger partial charge in [0, 0.05) is 23.1 Å². The molecular formula is C19H28N4O. The first-order valence-corrected chi connectivity index (χ1v) is 8.46. The molecule has 0 saturated heterocycles. The molecule has 2 rings (SSSR count). The summed E-state index contributed by atoms with van der Waals surface area (Å²) in [4.78, 5) is 2.39. The predicted octanol–water partition coefficient (Wildman–Crippen LogP) is 3.40. The summed E-state index contributed by atoms with van der Waals surface area (Å²) >= 11 is 0. The van der Waals surface area contributed by atoms with E-state index in [9.17, 15) is 5.11 Å². The molecule has 2 aromatic rings. The molecule has 5 nitrogen and oxygen atoms in total. The van der Waals surface area contributed by atoms with Crippen LogP contribution in [-0.4, -0.2) is 38.8 Å². The van der Waals surface area contributed by atoms with Crippen LogP contribution in [0.3, 0.4) is 0 Å². The van der Waals surface area contributed by atoms with E-state index in [2.05, 4.69) is 42.8 Å². The van der Waals surface area contributed by atoms with E-state index in [4.69, 9.17) is 5.73 Å². The van der Waals surface area contributed by atoms with Crippen molar-refractivity contribution >= 4 is 5.69 Å². The number of rotatable bonds is 6. The fourth-order valence-electron chi connectivity index (χ4n) is 3.24. The number of aromatic nitrogens is 2. The van der Waals surface area contributed by atoms with Gasteiger partial charge in [-0.15, -0.1) is 5.10 Å². The van der Waals surface area contributed by atoms with Crippen molar-refractivity contribution in [3.05, 3.63) is 35.5 Å². The van der Waals surface area contributed by atoms with Crippen LogP contribution in [0.25, 0.3) is 11.3 Å². The molecule has 0 fully saturated rings. The van der Waals surface area contributed by atoms with Crippen LogP contribution in [0.4, 0.5) is 5.69 Å². The van der Waals surface area contributed by atoms with Gasteiger partial charge in [-0.05, 0) is 46.0 Å². The van der Waals surface area contributed by atoms with Crippen LogP contribution in [0.1, 0.15) is 39.0 Å². The summed E-state index contributed by atoms with van der Waals surface area (Å²) in [5, 5.41) is 18.8. The average Bonchev–Trinajstić information content (AvgIpc) is 2.54. The van der Waals surface area contributed by atoms with Crippen molar-refractivity contribution in [2.45, 2.75) is 46.6 Å². The van der Waals surface area contributed by atoms with Crippen LogP contribution in [0.2, 0.25) is 0 Å². The van der Waals surface area contributed by atoms with Crippen molar-refractivity contribution in [3.8, 4) is 17.0 Å². The van der Waals surface area contributed by atoms with Gasteiger partial charge in [-0.25, -0.2) is 0 Å². The second-order valence-corrected chi connectivity index (χ2v) is 6.71. The maximum Gasteiger partial charge on any atom is 0.125 e. The molecule has 0 bridgehead atoms. The Morgan fingerprint density at radius 3 is 2.33 bits per heavy atom. The molecule has 0 aliphatic carbocycles. The van der Waals surface area contributed by atoms with Gasteiger partial charge in [-0.1, -0.05) is 26.0 Å². The number of phenolic OH excluding ortho intramolecular Hbond substituents is 1. The molecule has 0 unspecified atom stereocenters. The van der Waals surface area contributed by atoms with Gasteiger partial charge >= 0.3 is 0 Å². The number of nitrogens with zero attached hydrogens (tertiary/aromatic N) is 3. The highest BCUT2D eigenvalue weighted by atomic mass is 16.3. The first-order valence-electron chi connectivity index (χ1n) is 8.46. The van der Waals surface area contributed by atoms with Gasteiger partial charge in [0.05, 0.1) is 11.4 Å². The minimum Gasteiger partial charge on any atom is -0.507 e. The van der Waals surface area contributed by atoms with E-state index in [1.165, 1.54) is 0 Å². The lowest BCUT2D eigenvalue weighted by Gasteiger charge is -2.37. The molecule has 0 atom stereocenters. The maximum atomic E-state index is 10.1. The Hall–Kier alpha value is -2.14. The van der Waals surface area contributed by atoms with Crippen LogP contribution in [0, 0.1) is 6.92 Å². The van der Waals surface area contributed by atoms with Crippen LogP contribution in [0.5, 0.6) is 5.75 Å². The van der Waals surface area contributed by atoms with Crippen molar-refractivity contribution in [2.24, 2.45) is 0 Å². The number of benzene rings is 1. The van der Waals surface area contributed by atoms with E-state index in [-0.39, 0.29) is 11.3 Å². The molecular weight excluding hydrogens is 300 g/mol. The summed E-state index contributed by atoms with van der Waals surface area (Å²) in [7, 11) is 0. The summed E-state index contributed by atoms with van der Waals surface area (Å²) in [5.41, 5.74) is 9.93. The lowest BCUT2D eigenvalue weighted by Crippen LogP contribution is -2.45. The molecule has 130 valence electrons. The van der Waals surface area contributed by atoms with Crippen molar-refractivity contribution in [1.82, 2.24) is 15.1 Å². The minimum atomic E-state index is -0.0465. The second-order valence-electron chi connectivity index (χ2n) is 6.71. The van der Waals surface area contributed by atoms with Gasteiger partial charge in [0.1, 0.15) is 11.4 Å². The lowest BCUT2D eigenvalue weighted by atomic mass is 9.93. The van der Waals surface area contributed by atoms with E-state index >= 15 is 0 Å². The summed E-state index contributed by atoms with van der Waals surface area (Å²) < 4.78 is 0. The van der Waals surface area contributed by atoms with E-state index in [0.29, 0.717) is 16.9 Å². The fourth-order valence-corrected chi connectivity index (χ4v) is 3.24. The first-order chi connectivity index (χ1) is 11.3. The van der Waals surface area contributed by atoms with E-state index in [1.54, 1.807) is 12.1 Å². The predicted molar refractivity (Wildman–Crippen MR) is 99.0 cm³/mol. The SMILES string of the molecule is CCN(CC)C(C)(C)Cc1nnc(-c2ccccc2O)c(C)c1N. The standard InChI is InChI=1S/C19H28N4O/c1-6-23(7-2)19(4,5)12-15-17(20)13(3)18(22-21-15)14-10-8-9-11-16(14)24/h8-11,24H,6-7,12H2,1-5H3,(H2,20,22). The number of hydrogen-bond donors (Lipinski definition) is 2. The zero-order chi connectivity index (χ0) is 17.9. The number of nitrogen functional groups attached to an aromatic ring is 1. The average molecular weight is 328 g/mol. The number of nitrogens with two attached hydrogens (primary N) is 1. The second kappa shape index (κ2) is 7.18. The molecule has 0 spiro atoms. The summed E-state index contributed by atoms with van der Waals surface area (Å²) in [6.45, 7) is 12.6. The molecule has 24 heavy (non-hydrogen) atoms. The van der Waals surface area contributed by atoms with Crippen molar-refractivity contribution in [1.29, 1.82) is 0 Å². The van der Waals surface area contributed by atoms with Gasteiger partial charge in [-0.2, -0.15) is 5.10 Å². The molecule has 3 N–H and O–H groups in total. The van der Waals surface area contributed by atoms with Crippen LogP contribution < -0.4 is 5.73 Å². The highest BCUT2D eigenvalue weighted by Gasteiger charge is 2.27. The quantitative estimate of drug-likeness (QED) is 0.850. The Labute approximate surface area is 144 Å². The van der Waals surface area contributed by atoms with Gasteiger partial charge in [-0.3, -0.25) is 4.90 Å². The molecule has 5 heteroatoms. The summed E-state index contributed by atoms with van der Waals surface area (Å²) in [6.07, 6.45) is 0.732. The lowest BCUT2D eigenvalue weighted by molar-refractivity contribution is 0.134. The third kappa shape index (κ3) is 3.51. The molecule has 1 heterocycles. The largest absolute Gasteiger partial charge is 0.507 e. The topological polar surface area (TPSA) is 75.3 Å². The molecule has 1 aromatic carbocycles. The smallest absolute Gasteiger partial charge is 0.125 e. The minimum absolute atomic E-state index is 0.0465. The van der Waals surface area contributed by atoms with E-state index in [1.807, 2.05) is 19.1 Å². The van der Waals surface area contributed by atoms with Gasteiger partial charge in [0.25, 0.3) is 0 Å². The number of para-hydroxylation sites is 1.